The summed E-state index contributed by atoms with van der Waals surface area (Å²) in [5.41, 5.74) is 24.5. The third-order valence-electron chi connectivity index (χ3n) is 24.6. The van der Waals surface area contributed by atoms with Gasteiger partial charge in [-0.3, -0.25) is 0 Å². The molecule has 115 heavy (non-hydrogen) atoms. The predicted molar refractivity (Wildman–Crippen MR) is 497 cm³/mol. The van der Waals surface area contributed by atoms with Crippen molar-refractivity contribution in [2.24, 2.45) is 0 Å². The van der Waals surface area contributed by atoms with Crippen molar-refractivity contribution in [1.29, 1.82) is 0 Å². The molecule has 0 spiro atoms. The summed E-state index contributed by atoms with van der Waals surface area (Å²) in [7, 11) is 0. The van der Waals surface area contributed by atoms with Crippen LogP contribution in [-0.2, 0) is 27.1 Å². The summed E-state index contributed by atoms with van der Waals surface area (Å²) < 4.78 is 81.4. The van der Waals surface area contributed by atoms with E-state index in [2.05, 4.69) is 379 Å². The van der Waals surface area contributed by atoms with Crippen molar-refractivity contribution in [2.75, 3.05) is 9.80 Å². The molecule has 4 nitrogen and oxygen atoms in total. The largest absolute Gasteiger partial charge is 0.310 e. The minimum Gasteiger partial charge on any atom is -0.310 e. The van der Waals surface area contributed by atoms with E-state index in [-0.39, 0.29) is 55.6 Å². The molecule has 0 N–H and O–H groups in total. The minimum atomic E-state index is -0.599. The average molecular weight is 1490 g/mol. The van der Waals surface area contributed by atoms with Gasteiger partial charge in [0.05, 0.1) is 49.9 Å². The van der Waals surface area contributed by atoms with Crippen molar-refractivity contribution in [1.82, 2.24) is 8.97 Å². The predicted octanol–water partition coefficient (Wildman–Crippen LogP) is 28.6. The molecular formula is C110H97BN4. The molecule has 5 heterocycles. The summed E-state index contributed by atoms with van der Waals surface area (Å²) in [6.45, 7) is 33.9. The fourth-order valence-corrected chi connectivity index (χ4v) is 18.6. The van der Waals surface area contributed by atoms with Crippen molar-refractivity contribution in [3.8, 4) is 50.2 Å². The number of para-hydroxylation sites is 4. The lowest BCUT2D eigenvalue weighted by molar-refractivity contribution is 0.589. The highest BCUT2D eigenvalue weighted by Crippen LogP contribution is 2.57. The summed E-state index contributed by atoms with van der Waals surface area (Å²) in [4.78, 5) is 5.21. The summed E-state index contributed by atoms with van der Waals surface area (Å²) in [6, 6.07) is 96.3. The Morgan fingerprint density at radius 1 is 0.261 bits per heavy atom. The molecule has 18 aromatic rings. The molecule has 0 bridgehead atoms. The summed E-state index contributed by atoms with van der Waals surface area (Å²) in [6.07, 6.45) is 0. The molecule has 0 radical (unpaired) electrons. The molecule has 560 valence electrons. The van der Waals surface area contributed by atoms with Crippen LogP contribution in [0.15, 0.2) is 315 Å². The normalized spacial score (nSPS) is 14.3. The molecule has 0 amide bonds. The topological polar surface area (TPSA) is 15.8 Å². The van der Waals surface area contributed by atoms with E-state index in [1.807, 2.05) is 6.07 Å². The van der Waals surface area contributed by atoms with E-state index in [1.165, 1.54) is 11.1 Å². The number of fused-ring (bicyclic) bond motifs is 17. The number of hydrogen-bond donors (Lipinski definition) is 0. The van der Waals surface area contributed by atoms with E-state index < -0.39 is 48.4 Å². The Labute approximate surface area is 688 Å². The Morgan fingerprint density at radius 2 is 0.643 bits per heavy atom. The first-order chi connectivity index (χ1) is 58.6. The standard InChI is InChI=1S/C110H97BN4/c1-106(2,3)72-41-32-39-70(57-72)89-61-74(108(7,8)9)59-87(68-35-18-16-19-36-68)104(89)114-98-65-77(112-94-52-29-26-47-82(94)83-48-27-30-53-95(83)112)55-56-92(98)111-93-66-91-81-46-25-23-44-79(81)78-43-22-24-45-80(78)85-50-34-51-86-84-49-28-31-54-96(84)113(103(85)86)97(91)67-99(93)115(101-64-76(110(13,14)15)63-100(114)102(101)111)105-88(69-37-20-17-21-38-69)60-75(109(10,11)12)62-90(105)71-40-33-42-73(58-71)107(4,5)6/h16-67H,1-15H3/i26D,27D,29D,30D,47D,48D,52D,53D. The van der Waals surface area contributed by atoms with Crippen molar-refractivity contribution in [3.63, 3.8) is 0 Å². The number of anilines is 6. The second kappa shape index (κ2) is 26.1. The Bertz CT molecular complexity index is 7560. The van der Waals surface area contributed by atoms with Crippen LogP contribution in [0, 0.1) is 0 Å². The first-order valence-corrected chi connectivity index (χ1v) is 40.6. The van der Waals surface area contributed by atoms with Crippen LogP contribution in [-0.4, -0.2) is 15.7 Å². The Balaban J connectivity index is 1.06. The quantitative estimate of drug-likeness (QED) is 0.148. The van der Waals surface area contributed by atoms with Gasteiger partial charge in [0, 0.05) is 83.0 Å². The number of aromatic nitrogens is 2. The van der Waals surface area contributed by atoms with Gasteiger partial charge in [0.25, 0.3) is 6.71 Å². The first-order valence-electron chi connectivity index (χ1n) is 44.6. The van der Waals surface area contributed by atoms with E-state index in [9.17, 15) is 11.0 Å². The summed E-state index contributed by atoms with van der Waals surface area (Å²) in [5, 5.41) is 8.83. The van der Waals surface area contributed by atoms with E-state index in [0.717, 1.165) is 171 Å². The van der Waals surface area contributed by atoms with Gasteiger partial charge >= 0.3 is 0 Å². The van der Waals surface area contributed by atoms with Gasteiger partial charge in [-0.05, 0) is 188 Å². The number of benzene rings is 15. The van der Waals surface area contributed by atoms with Crippen LogP contribution in [0.2, 0.25) is 0 Å². The van der Waals surface area contributed by atoms with E-state index in [1.54, 1.807) is 4.57 Å². The average Bonchev–Trinajstić information content (AvgIpc) is 1.34. The van der Waals surface area contributed by atoms with E-state index >= 15 is 0 Å². The second-order valence-electron chi connectivity index (χ2n) is 37.1. The number of rotatable bonds is 7. The molecule has 2 aliphatic rings. The molecule has 0 unspecified atom stereocenters. The smallest absolute Gasteiger partial charge is 0.252 e. The van der Waals surface area contributed by atoms with Crippen molar-refractivity contribution >= 4 is 139 Å². The van der Waals surface area contributed by atoms with Gasteiger partial charge in [-0.2, -0.15) is 0 Å². The van der Waals surface area contributed by atoms with Gasteiger partial charge in [-0.15, -0.1) is 0 Å². The molecule has 15 aromatic carbocycles. The van der Waals surface area contributed by atoms with Crippen LogP contribution in [0.25, 0.3) is 132 Å². The second-order valence-corrected chi connectivity index (χ2v) is 37.1. The lowest BCUT2D eigenvalue weighted by atomic mass is 9.33. The first kappa shape index (κ1) is 63.0. The van der Waals surface area contributed by atoms with Crippen LogP contribution in [0.1, 0.15) is 143 Å². The van der Waals surface area contributed by atoms with Gasteiger partial charge in [-0.25, -0.2) is 0 Å². The van der Waals surface area contributed by atoms with Gasteiger partial charge in [0.15, 0.2) is 0 Å². The summed E-state index contributed by atoms with van der Waals surface area (Å²) >= 11 is 0. The van der Waals surface area contributed by atoms with Crippen LogP contribution in [0.5, 0.6) is 0 Å². The van der Waals surface area contributed by atoms with Crippen LogP contribution >= 0.6 is 0 Å². The molecule has 3 aromatic heterocycles. The number of hydrogen-bond acceptors (Lipinski definition) is 2. The van der Waals surface area contributed by atoms with E-state index in [4.69, 9.17) is 0 Å². The maximum atomic E-state index is 10.1. The minimum absolute atomic E-state index is 0.00862. The van der Waals surface area contributed by atoms with Gasteiger partial charge in [0.1, 0.15) is 0 Å². The van der Waals surface area contributed by atoms with E-state index in [0.29, 0.717) is 5.69 Å². The highest BCUT2D eigenvalue weighted by Gasteiger charge is 2.47. The molecule has 20 rings (SSSR count). The van der Waals surface area contributed by atoms with Gasteiger partial charge in [-0.1, -0.05) is 346 Å². The van der Waals surface area contributed by atoms with Crippen LogP contribution < -0.4 is 26.2 Å². The maximum Gasteiger partial charge on any atom is 0.252 e. The lowest BCUT2D eigenvalue weighted by Crippen LogP contribution is -2.61. The monoisotopic (exact) mass is 1490 g/mol. The summed E-state index contributed by atoms with van der Waals surface area (Å²) in [5.74, 6) is 0. The van der Waals surface area contributed by atoms with Crippen molar-refractivity contribution < 1.29 is 11.0 Å². The fraction of sp³-hybridized carbons (Fsp3) is 0.182. The molecule has 0 saturated heterocycles. The van der Waals surface area contributed by atoms with Gasteiger partial charge < -0.3 is 18.8 Å². The van der Waals surface area contributed by atoms with Crippen molar-refractivity contribution in [3.05, 3.63) is 343 Å². The number of nitrogens with zero attached hydrogens (tertiary/aromatic N) is 4. The third-order valence-corrected chi connectivity index (χ3v) is 24.6. The fourth-order valence-electron chi connectivity index (χ4n) is 18.6. The zero-order valence-electron chi connectivity index (χ0n) is 76.3. The molecular weight excluding hydrogens is 1390 g/mol. The molecule has 0 aliphatic carbocycles. The highest BCUT2D eigenvalue weighted by atomic mass is 15.2. The Morgan fingerprint density at radius 3 is 1.13 bits per heavy atom. The van der Waals surface area contributed by atoms with Gasteiger partial charge in [0.2, 0.25) is 0 Å². The Hall–Kier alpha value is -12.4. The lowest BCUT2D eigenvalue weighted by Gasteiger charge is -2.47. The molecule has 5 heteroatoms. The molecule has 0 saturated carbocycles. The molecule has 0 atom stereocenters. The zero-order valence-corrected chi connectivity index (χ0v) is 68.3. The molecule has 0 fully saturated rings. The van der Waals surface area contributed by atoms with Crippen molar-refractivity contribution in [2.45, 2.75) is 131 Å². The Kier molecular flexibility index (Phi) is 14.3. The zero-order chi connectivity index (χ0) is 86.1. The highest BCUT2D eigenvalue weighted by molar-refractivity contribution is 7.00. The maximum absolute atomic E-state index is 10.1. The SMILES string of the molecule is [2H]c1c([2H])c([2H])c2c(c1[2H])c1c([2H])c([2H])c([2H])c([2H])c1n2-c1ccc2c(c1)N(c1c(-c3ccccc3)cc(C(C)(C)C)cc1-c1cccc(C(C)(C)C)c1)c1cc(C(C)(C)C)cc3c1B2c1cc2c4ccccc4c4ccccc4c4cccc5c6ccccc6n(c2cc1N3c1c(-c2ccccc2)cc(C(C)(C)C)cc1-c1cccc(C(C)(C)C)c1)c45. The third kappa shape index (κ3) is 11.5. The van der Waals surface area contributed by atoms with Crippen LogP contribution in [0.3, 0.4) is 0 Å². The molecule has 2 aliphatic heterocycles. The van der Waals surface area contributed by atoms with Crippen LogP contribution in [0.4, 0.5) is 34.1 Å².